The Morgan fingerprint density at radius 2 is 2.04 bits per heavy atom. The number of ether oxygens (including phenoxy) is 1. The first kappa shape index (κ1) is 18.7. The first-order valence-corrected chi connectivity index (χ1v) is 10.1. The highest BCUT2D eigenvalue weighted by Crippen LogP contribution is 2.44. The van der Waals surface area contributed by atoms with Gasteiger partial charge in [-0.05, 0) is 29.5 Å². The lowest BCUT2D eigenvalue weighted by molar-refractivity contribution is -0.141. The van der Waals surface area contributed by atoms with Gasteiger partial charge in [-0.25, -0.2) is 0 Å². The van der Waals surface area contributed by atoms with Crippen molar-refractivity contribution in [3.8, 4) is 5.75 Å². The van der Waals surface area contributed by atoms with E-state index in [1.54, 1.807) is 34.4 Å². The van der Waals surface area contributed by atoms with Gasteiger partial charge in [0, 0.05) is 43.4 Å². The zero-order chi connectivity index (χ0) is 19.9. The summed E-state index contributed by atoms with van der Waals surface area (Å²) in [4.78, 5) is 43.0. The van der Waals surface area contributed by atoms with Gasteiger partial charge in [0.25, 0.3) is 0 Å². The molecule has 0 saturated carbocycles. The number of methoxy groups -OCH3 is 1. The van der Waals surface area contributed by atoms with Gasteiger partial charge in [-0.1, -0.05) is 18.2 Å². The molecule has 146 valence electrons. The molecule has 0 bridgehead atoms. The second kappa shape index (κ2) is 7.05. The van der Waals surface area contributed by atoms with E-state index in [9.17, 15) is 14.4 Å². The van der Waals surface area contributed by atoms with Gasteiger partial charge in [0.2, 0.25) is 17.7 Å². The molecule has 1 aromatic carbocycles. The quantitative estimate of drug-likeness (QED) is 0.742. The topological polar surface area (TPSA) is 66.9 Å². The molecule has 1 aromatic heterocycles. The SMILES string of the molecule is COc1ccccc1C1(CC(=O)N2CCc3sccc3C2)CC(=O)N(C)C1=O. The van der Waals surface area contributed by atoms with Crippen LogP contribution in [0.2, 0.25) is 0 Å². The number of hydrogen-bond donors (Lipinski definition) is 0. The molecule has 3 amide bonds. The number of para-hydroxylation sites is 1. The van der Waals surface area contributed by atoms with Crippen molar-refractivity contribution in [2.75, 3.05) is 20.7 Å². The van der Waals surface area contributed by atoms with E-state index >= 15 is 0 Å². The zero-order valence-corrected chi connectivity index (χ0v) is 16.8. The Kier molecular flexibility index (Phi) is 4.71. The fraction of sp³-hybridized carbons (Fsp3) is 0.381. The van der Waals surface area contributed by atoms with Crippen molar-refractivity contribution in [2.45, 2.75) is 31.2 Å². The molecule has 2 aliphatic rings. The van der Waals surface area contributed by atoms with Crippen LogP contribution in [0.1, 0.15) is 28.8 Å². The van der Waals surface area contributed by atoms with Crippen LogP contribution in [0.3, 0.4) is 0 Å². The number of fused-ring (bicyclic) bond motifs is 1. The van der Waals surface area contributed by atoms with Gasteiger partial charge in [0.05, 0.1) is 12.5 Å². The van der Waals surface area contributed by atoms with Gasteiger partial charge in [0.1, 0.15) is 5.75 Å². The molecule has 28 heavy (non-hydrogen) atoms. The largest absolute Gasteiger partial charge is 0.496 e. The molecule has 1 saturated heterocycles. The standard InChI is InChI=1S/C21H22N2O4S/c1-22-18(24)11-21(20(22)26,15-5-3-4-6-16(15)27-2)12-19(25)23-9-7-17-14(13-23)8-10-28-17/h3-6,8,10H,7,9,11-13H2,1-2H3. The maximum absolute atomic E-state index is 13.2. The Bertz CT molecular complexity index is 953. The summed E-state index contributed by atoms with van der Waals surface area (Å²) in [5.74, 6) is -0.212. The summed E-state index contributed by atoms with van der Waals surface area (Å²) in [7, 11) is 3.01. The molecule has 0 spiro atoms. The highest BCUT2D eigenvalue weighted by atomic mass is 32.1. The molecule has 4 rings (SSSR count). The highest BCUT2D eigenvalue weighted by Gasteiger charge is 2.54. The molecule has 7 heteroatoms. The molecule has 2 aromatic rings. The van der Waals surface area contributed by atoms with E-state index in [0.29, 0.717) is 24.4 Å². The number of carbonyl (C=O) groups is 3. The van der Waals surface area contributed by atoms with Gasteiger partial charge in [-0.3, -0.25) is 19.3 Å². The maximum Gasteiger partial charge on any atom is 0.240 e. The molecule has 1 fully saturated rings. The van der Waals surface area contributed by atoms with Crippen molar-refractivity contribution in [3.63, 3.8) is 0 Å². The van der Waals surface area contributed by atoms with Crippen LogP contribution < -0.4 is 4.74 Å². The Morgan fingerprint density at radius 1 is 1.25 bits per heavy atom. The Balaban J connectivity index is 1.69. The average Bonchev–Trinajstić information content (AvgIpc) is 3.26. The second-order valence-electron chi connectivity index (χ2n) is 7.33. The van der Waals surface area contributed by atoms with Gasteiger partial charge < -0.3 is 9.64 Å². The van der Waals surface area contributed by atoms with Crippen molar-refractivity contribution in [3.05, 3.63) is 51.7 Å². The van der Waals surface area contributed by atoms with E-state index in [1.165, 1.54) is 24.6 Å². The van der Waals surface area contributed by atoms with E-state index in [2.05, 4.69) is 0 Å². The van der Waals surface area contributed by atoms with Crippen LogP contribution in [0, 0.1) is 0 Å². The van der Waals surface area contributed by atoms with Crippen LogP contribution in [-0.2, 0) is 32.8 Å². The van der Waals surface area contributed by atoms with Crippen LogP contribution in [0.15, 0.2) is 35.7 Å². The molecular weight excluding hydrogens is 376 g/mol. The Labute approximate surface area is 167 Å². The lowest BCUT2D eigenvalue weighted by Gasteiger charge is -2.32. The van der Waals surface area contributed by atoms with Gasteiger partial charge in [-0.15, -0.1) is 11.3 Å². The van der Waals surface area contributed by atoms with Crippen molar-refractivity contribution in [2.24, 2.45) is 0 Å². The van der Waals surface area contributed by atoms with E-state index in [-0.39, 0.29) is 30.6 Å². The minimum atomic E-state index is -1.22. The summed E-state index contributed by atoms with van der Waals surface area (Å²) in [5, 5.41) is 2.04. The summed E-state index contributed by atoms with van der Waals surface area (Å²) >= 11 is 1.71. The smallest absolute Gasteiger partial charge is 0.240 e. The lowest BCUT2D eigenvalue weighted by Crippen LogP contribution is -2.44. The molecule has 3 heterocycles. The molecule has 1 atom stereocenters. The van der Waals surface area contributed by atoms with Crippen LogP contribution in [0.25, 0.3) is 0 Å². The van der Waals surface area contributed by atoms with Gasteiger partial charge in [0.15, 0.2) is 0 Å². The number of imide groups is 1. The number of likely N-dealkylation sites (N-methyl/N-ethyl adjacent to an activating group) is 1. The van der Waals surface area contributed by atoms with Crippen LogP contribution >= 0.6 is 11.3 Å². The number of rotatable bonds is 4. The van der Waals surface area contributed by atoms with E-state index in [0.717, 1.165) is 11.3 Å². The highest BCUT2D eigenvalue weighted by molar-refractivity contribution is 7.10. The van der Waals surface area contributed by atoms with Crippen LogP contribution in [0.5, 0.6) is 5.75 Å². The Hall–Kier alpha value is -2.67. The zero-order valence-electron chi connectivity index (χ0n) is 15.9. The summed E-state index contributed by atoms with van der Waals surface area (Å²) in [6.45, 7) is 1.18. The number of amides is 3. The average molecular weight is 398 g/mol. The van der Waals surface area contributed by atoms with Crippen molar-refractivity contribution in [1.82, 2.24) is 9.80 Å². The van der Waals surface area contributed by atoms with Gasteiger partial charge in [-0.2, -0.15) is 0 Å². The maximum atomic E-state index is 13.2. The van der Waals surface area contributed by atoms with E-state index < -0.39 is 5.41 Å². The first-order valence-electron chi connectivity index (χ1n) is 9.24. The third-order valence-electron chi connectivity index (χ3n) is 5.78. The number of nitrogens with zero attached hydrogens (tertiary/aromatic N) is 2. The molecule has 1 unspecified atom stereocenters. The number of benzene rings is 1. The lowest BCUT2D eigenvalue weighted by atomic mass is 9.75. The Morgan fingerprint density at radius 3 is 2.75 bits per heavy atom. The van der Waals surface area contributed by atoms with Crippen molar-refractivity contribution in [1.29, 1.82) is 0 Å². The van der Waals surface area contributed by atoms with Gasteiger partial charge >= 0.3 is 0 Å². The summed E-state index contributed by atoms with van der Waals surface area (Å²) in [6.07, 6.45) is 0.765. The van der Waals surface area contributed by atoms with Crippen LogP contribution in [0.4, 0.5) is 0 Å². The van der Waals surface area contributed by atoms with Crippen molar-refractivity contribution < 1.29 is 19.1 Å². The normalized spacial score (nSPS) is 21.8. The number of hydrogen-bond acceptors (Lipinski definition) is 5. The third-order valence-corrected chi connectivity index (χ3v) is 6.80. The third kappa shape index (κ3) is 2.90. The van der Waals surface area contributed by atoms with Crippen LogP contribution in [-0.4, -0.2) is 48.2 Å². The fourth-order valence-corrected chi connectivity index (χ4v) is 5.09. The first-order chi connectivity index (χ1) is 13.5. The number of carbonyl (C=O) groups excluding carboxylic acids is 3. The second-order valence-corrected chi connectivity index (χ2v) is 8.33. The summed E-state index contributed by atoms with van der Waals surface area (Å²) in [6, 6.07) is 9.21. The van der Waals surface area contributed by atoms with E-state index in [4.69, 9.17) is 4.74 Å². The predicted molar refractivity (Wildman–Crippen MR) is 105 cm³/mol. The monoisotopic (exact) mass is 398 g/mol. The minimum Gasteiger partial charge on any atom is -0.496 e. The summed E-state index contributed by atoms with van der Waals surface area (Å²) in [5.41, 5.74) is 0.549. The summed E-state index contributed by atoms with van der Waals surface area (Å²) < 4.78 is 5.46. The molecular formula is C21H22N2O4S. The van der Waals surface area contributed by atoms with E-state index in [1.807, 2.05) is 17.5 Å². The predicted octanol–water partition coefficient (Wildman–Crippen LogP) is 2.36. The molecule has 0 aliphatic carbocycles. The number of thiophene rings is 1. The molecule has 2 aliphatic heterocycles. The molecule has 6 nitrogen and oxygen atoms in total. The number of likely N-dealkylation sites (tertiary alicyclic amines) is 1. The minimum absolute atomic E-state index is 0.0218. The fourth-order valence-electron chi connectivity index (χ4n) is 4.20. The molecule has 0 N–H and O–H groups in total. The van der Waals surface area contributed by atoms with Crippen molar-refractivity contribution >= 4 is 29.1 Å². The molecule has 0 radical (unpaired) electrons.